The summed E-state index contributed by atoms with van der Waals surface area (Å²) in [5, 5.41) is 0.710. The van der Waals surface area contributed by atoms with Gasteiger partial charge in [-0.15, -0.1) is 0 Å². The number of furan rings is 2. The molecule has 3 aromatic rings. The van der Waals surface area contributed by atoms with Gasteiger partial charge in [-0.1, -0.05) is 11.6 Å². The fourth-order valence-electron chi connectivity index (χ4n) is 2.81. The van der Waals surface area contributed by atoms with E-state index in [1.165, 1.54) is 0 Å². The Morgan fingerprint density at radius 3 is 2.37 bits per heavy atom. The van der Waals surface area contributed by atoms with E-state index in [0.717, 1.165) is 16.9 Å². The number of nitrogens with zero attached hydrogens (tertiary/aromatic N) is 1. The molecule has 0 fully saturated rings. The highest BCUT2D eigenvalue weighted by atomic mass is 35.5. The molecule has 0 radical (unpaired) electrons. The number of aryl methyl sites for hydroxylation is 3. The van der Waals surface area contributed by atoms with E-state index in [4.69, 9.17) is 25.2 Å². The molecule has 1 aromatic carbocycles. The molecule has 3 rings (SSSR count). The number of amides is 1. The van der Waals surface area contributed by atoms with Crippen molar-refractivity contribution in [3.05, 3.63) is 76.1 Å². The predicted molar refractivity (Wildman–Crippen MR) is 103 cm³/mol. The van der Waals surface area contributed by atoms with Crippen molar-refractivity contribution in [1.29, 1.82) is 0 Å². The van der Waals surface area contributed by atoms with E-state index in [0.29, 0.717) is 35.4 Å². The van der Waals surface area contributed by atoms with E-state index in [2.05, 4.69) is 0 Å². The summed E-state index contributed by atoms with van der Waals surface area (Å²) in [5.41, 5.74) is 1.83. The summed E-state index contributed by atoms with van der Waals surface area (Å²) in [5.74, 6) is 2.68. The average Bonchev–Trinajstić information content (AvgIpc) is 3.28. The lowest BCUT2D eigenvalue weighted by Gasteiger charge is -2.21. The Labute approximate surface area is 163 Å². The van der Waals surface area contributed by atoms with Gasteiger partial charge in [0.2, 0.25) is 0 Å². The van der Waals surface area contributed by atoms with Gasteiger partial charge in [0.25, 0.3) is 5.91 Å². The second kappa shape index (κ2) is 8.35. The van der Waals surface area contributed by atoms with E-state index in [1.807, 2.05) is 51.1 Å². The van der Waals surface area contributed by atoms with Crippen molar-refractivity contribution < 1.29 is 18.4 Å². The van der Waals surface area contributed by atoms with Crippen molar-refractivity contribution in [3.8, 4) is 5.75 Å². The lowest BCUT2D eigenvalue weighted by atomic mass is 10.1. The van der Waals surface area contributed by atoms with Crippen molar-refractivity contribution in [2.75, 3.05) is 6.61 Å². The summed E-state index contributed by atoms with van der Waals surface area (Å²) in [7, 11) is 0. The lowest BCUT2D eigenvalue weighted by Crippen LogP contribution is -2.33. The number of benzene rings is 1. The molecule has 0 aliphatic rings. The third kappa shape index (κ3) is 4.95. The Balaban J connectivity index is 1.70. The van der Waals surface area contributed by atoms with Gasteiger partial charge in [-0.3, -0.25) is 4.79 Å². The van der Waals surface area contributed by atoms with E-state index in [1.54, 1.807) is 17.2 Å². The summed E-state index contributed by atoms with van der Waals surface area (Å²) in [4.78, 5) is 14.4. The first-order chi connectivity index (χ1) is 12.9. The van der Waals surface area contributed by atoms with Gasteiger partial charge in [0, 0.05) is 5.02 Å². The van der Waals surface area contributed by atoms with Crippen LogP contribution in [-0.4, -0.2) is 17.4 Å². The molecule has 6 heteroatoms. The quantitative estimate of drug-likeness (QED) is 0.568. The zero-order chi connectivity index (χ0) is 19.4. The first-order valence-electron chi connectivity index (χ1n) is 8.67. The molecule has 5 nitrogen and oxygen atoms in total. The maximum Gasteiger partial charge on any atom is 0.261 e. The minimum absolute atomic E-state index is 0.0824. The molecule has 142 valence electrons. The number of ether oxygens (including phenoxy) is 1. The van der Waals surface area contributed by atoms with E-state index < -0.39 is 0 Å². The van der Waals surface area contributed by atoms with Crippen LogP contribution in [0, 0.1) is 20.8 Å². The number of carbonyl (C=O) groups excluding carboxylic acids is 1. The van der Waals surface area contributed by atoms with Crippen LogP contribution in [0.3, 0.4) is 0 Å². The molecule has 0 spiro atoms. The average molecular weight is 388 g/mol. The lowest BCUT2D eigenvalue weighted by molar-refractivity contribution is -0.135. The van der Waals surface area contributed by atoms with Crippen LogP contribution >= 0.6 is 11.6 Å². The zero-order valence-electron chi connectivity index (χ0n) is 15.6. The van der Waals surface area contributed by atoms with Gasteiger partial charge in [-0.05, 0) is 68.3 Å². The maximum absolute atomic E-state index is 12.8. The molecule has 0 saturated carbocycles. The molecule has 0 aliphatic heterocycles. The zero-order valence-corrected chi connectivity index (χ0v) is 16.4. The Hall–Kier alpha value is -2.66. The highest BCUT2D eigenvalue weighted by molar-refractivity contribution is 6.32. The molecule has 1 amide bonds. The molecule has 0 N–H and O–H groups in total. The van der Waals surface area contributed by atoms with Crippen LogP contribution in [0.25, 0.3) is 0 Å². The third-order valence-electron chi connectivity index (χ3n) is 4.19. The number of hydrogen-bond donors (Lipinski definition) is 0. The number of carbonyl (C=O) groups is 1. The van der Waals surface area contributed by atoms with E-state index in [-0.39, 0.29) is 12.5 Å². The smallest absolute Gasteiger partial charge is 0.261 e. The number of halogens is 1. The van der Waals surface area contributed by atoms with Gasteiger partial charge in [0.1, 0.15) is 23.0 Å². The Morgan fingerprint density at radius 2 is 1.78 bits per heavy atom. The third-order valence-corrected chi connectivity index (χ3v) is 4.79. The minimum Gasteiger partial charge on any atom is -0.484 e. The second-order valence-corrected chi connectivity index (χ2v) is 6.88. The SMILES string of the molecule is Cc1ccc(CN(Cc2ccco2)C(=O)COc2cc(C)c(Cl)c(C)c2)o1. The topological polar surface area (TPSA) is 55.8 Å². The van der Waals surface area contributed by atoms with Gasteiger partial charge in [-0.2, -0.15) is 0 Å². The molecule has 0 saturated heterocycles. The summed E-state index contributed by atoms with van der Waals surface area (Å²) in [6, 6.07) is 11.0. The molecule has 0 bridgehead atoms. The minimum atomic E-state index is -0.161. The van der Waals surface area contributed by atoms with Crippen molar-refractivity contribution in [3.63, 3.8) is 0 Å². The van der Waals surface area contributed by atoms with Crippen molar-refractivity contribution >= 4 is 17.5 Å². The predicted octanol–water partition coefficient (Wildman–Crippen LogP) is 5.06. The molecule has 27 heavy (non-hydrogen) atoms. The molecule has 0 atom stereocenters. The first-order valence-corrected chi connectivity index (χ1v) is 9.05. The molecule has 2 aromatic heterocycles. The van der Waals surface area contributed by atoms with Gasteiger partial charge >= 0.3 is 0 Å². The van der Waals surface area contributed by atoms with E-state index >= 15 is 0 Å². The Morgan fingerprint density at radius 1 is 1.07 bits per heavy atom. The first kappa shape index (κ1) is 19.1. The fourth-order valence-corrected chi connectivity index (χ4v) is 2.92. The van der Waals surface area contributed by atoms with Gasteiger partial charge in [0.05, 0.1) is 19.4 Å². The standard InChI is InChI=1S/C21H22ClNO4/c1-14-9-19(10-15(2)21(14)22)26-13-20(24)23(11-17-5-4-8-25-17)12-18-7-6-16(3)27-18/h4-10H,11-13H2,1-3H3. The van der Waals surface area contributed by atoms with Crippen molar-refractivity contribution in [2.24, 2.45) is 0 Å². The Kier molecular flexibility index (Phi) is 5.91. The van der Waals surface area contributed by atoms with Crippen LogP contribution in [0.2, 0.25) is 5.02 Å². The summed E-state index contributed by atoms with van der Waals surface area (Å²) < 4.78 is 16.7. The molecule has 2 heterocycles. The second-order valence-electron chi connectivity index (χ2n) is 6.50. The van der Waals surface area contributed by atoms with Crippen LogP contribution in [0.4, 0.5) is 0 Å². The van der Waals surface area contributed by atoms with Crippen molar-refractivity contribution in [2.45, 2.75) is 33.9 Å². The van der Waals surface area contributed by atoms with Crippen LogP contribution in [0.5, 0.6) is 5.75 Å². The maximum atomic E-state index is 12.8. The number of hydrogen-bond acceptors (Lipinski definition) is 4. The normalized spacial score (nSPS) is 10.8. The number of rotatable bonds is 7. The van der Waals surface area contributed by atoms with Gasteiger partial charge < -0.3 is 18.5 Å². The fraction of sp³-hybridized carbons (Fsp3) is 0.286. The van der Waals surface area contributed by atoms with Crippen LogP contribution in [0.1, 0.15) is 28.4 Å². The molecular formula is C21H22ClNO4. The van der Waals surface area contributed by atoms with Crippen LogP contribution in [0.15, 0.2) is 51.5 Å². The van der Waals surface area contributed by atoms with Crippen LogP contribution < -0.4 is 4.74 Å². The van der Waals surface area contributed by atoms with Gasteiger partial charge in [0.15, 0.2) is 6.61 Å². The van der Waals surface area contributed by atoms with Crippen molar-refractivity contribution in [1.82, 2.24) is 4.90 Å². The largest absolute Gasteiger partial charge is 0.484 e. The van der Waals surface area contributed by atoms with Gasteiger partial charge in [-0.25, -0.2) is 0 Å². The molecular weight excluding hydrogens is 366 g/mol. The molecule has 0 aliphatic carbocycles. The van der Waals surface area contributed by atoms with Crippen LogP contribution in [-0.2, 0) is 17.9 Å². The summed E-state index contributed by atoms with van der Waals surface area (Å²) in [6.07, 6.45) is 1.59. The highest BCUT2D eigenvalue weighted by Gasteiger charge is 2.18. The summed E-state index contributed by atoms with van der Waals surface area (Å²) in [6.45, 7) is 6.29. The Bertz CT molecular complexity index is 891. The highest BCUT2D eigenvalue weighted by Crippen LogP contribution is 2.26. The molecule has 0 unspecified atom stereocenters. The monoisotopic (exact) mass is 387 g/mol. The summed E-state index contributed by atoms with van der Waals surface area (Å²) >= 11 is 6.18. The van der Waals surface area contributed by atoms with E-state index in [9.17, 15) is 4.79 Å².